The molecule has 3 N–H and O–H groups in total. The molecule has 0 spiro atoms. The van der Waals surface area contributed by atoms with E-state index in [4.69, 9.17) is 5.21 Å². The second-order valence-electron chi connectivity index (χ2n) is 4.60. The number of nitrogens with one attached hydrogen (secondary N) is 2. The van der Waals surface area contributed by atoms with Crippen LogP contribution >= 0.6 is 0 Å². The third-order valence-electron chi connectivity index (χ3n) is 2.91. The Morgan fingerprint density at radius 3 is 2.24 bits per heavy atom. The van der Waals surface area contributed by atoms with Crippen LogP contribution in [0.15, 0.2) is 18.2 Å². The Bertz CT molecular complexity index is 495. The molecule has 21 heavy (non-hydrogen) atoms. The molecular weight excluding hydrogens is 282 g/mol. The molecule has 0 aliphatic carbocycles. The van der Waals surface area contributed by atoms with E-state index in [1.165, 1.54) is 12.1 Å². The van der Waals surface area contributed by atoms with E-state index in [-0.39, 0.29) is 24.4 Å². The number of hydrogen-bond acceptors (Lipinski definition) is 3. The lowest BCUT2D eigenvalue weighted by Gasteiger charge is -2.06. The molecule has 0 aromatic heterocycles. The minimum atomic E-state index is -1.07. The zero-order valence-corrected chi connectivity index (χ0v) is 11.5. The fourth-order valence-corrected chi connectivity index (χ4v) is 1.79. The summed E-state index contributed by atoms with van der Waals surface area (Å²) < 4.78 is 26.3. The minimum Gasteiger partial charge on any atom is -0.324 e. The summed E-state index contributed by atoms with van der Waals surface area (Å²) in [6.07, 6.45) is 3.11. The molecule has 0 saturated carbocycles. The minimum absolute atomic E-state index is 0.167. The van der Waals surface area contributed by atoms with Crippen molar-refractivity contribution in [3.8, 4) is 0 Å². The van der Waals surface area contributed by atoms with E-state index < -0.39 is 17.5 Å². The number of anilines is 1. The third-order valence-corrected chi connectivity index (χ3v) is 2.91. The summed E-state index contributed by atoms with van der Waals surface area (Å²) in [6, 6.07) is 3.59. The number of benzene rings is 1. The molecule has 0 aliphatic heterocycles. The zero-order valence-electron chi connectivity index (χ0n) is 11.5. The summed E-state index contributed by atoms with van der Waals surface area (Å²) in [6.45, 7) is 0. The number of carbonyl (C=O) groups excluding carboxylic acids is 2. The van der Waals surface area contributed by atoms with E-state index in [1.807, 2.05) is 0 Å². The molecule has 1 aromatic rings. The third kappa shape index (κ3) is 6.31. The number of hydroxylamine groups is 1. The topological polar surface area (TPSA) is 78.4 Å². The van der Waals surface area contributed by atoms with E-state index in [0.29, 0.717) is 12.8 Å². The van der Waals surface area contributed by atoms with Crippen molar-refractivity contribution in [2.24, 2.45) is 0 Å². The van der Waals surface area contributed by atoms with Crippen LogP contribution in [0.2, 0.25) is 0 Å². The first-order valence-electron chi connectivity index (χ1n) is 6.71. The highest BCUT2D eigenvalue weighted by atomic mass is 19.2. The summed E-state index contributed by atoms with van der Waals surface area (Å²) in [4.78, 5) is 22.3. The smallest absolute Gasteiger partial charge is 0.243 e. The van der Waals surface area contributed by atoms with Gasteiger partial charge in [0.05, 0.1) is 5.69 Å². The predicted molar refractivity (Wildman–Crippen MR) is 72.6 cm³/mol. The van der Waals surface area contributed by atoms with E-state index in [2.05, 4.69) is 5.32 Å². The van der Waals surface area contributed by atoms with Crippen LogP contribution in [-0.4, -0.2) is 17.0 Å². The van der Waals surface area contributed by atoms with Crippen LogP contribution in [-0.2, 0) is 9.59 Å². The molecular formula is C14H18F2N2O3. The first kappa shape index (κ1) is 17.0. The van der Waals surface area contributed by atoms with Crippen LogP contribution in [0.4, 0.5) is 14.5 Å². The summed E-state index contributed by atoms with van der Waals surface area (Å²) in [5.41, 5.74) is 1.38. The molecule has 0 fully saturated rings. The summed E-state index contributed by atoms with van der Waals surface area (Å²) in [5, 5.41) is 10.6. The lowest BCUT2D eigenvalue weighted by atomic mass is 10.1. The molecule has 2 amide bonds. The normalized spacial score (nSPS) is 10.2. The maximum absolute atomic E-state index is 13.3. The van der Waals surface area contributed by atoms with Crippen LogP contribution < -0.4 is 10.8 Å². The first-order valence-corrected chi connectivity index (χ1v) is 6.71. The van der Waals surface area contributed by atoms with Crippen LogP contribution in [0.1, 0.15) is 38.5 Å². The highest BCUT2D eigenvalue weighted by molar-refractivity contribution is 5.90. The molecule has 0 unspecified atom stereocenters. The SMILES string of the molecule is O=C(CCCCCCC(=O)Nc1cccc(F)c1F)NO. The van der Waals surface area contributed by atoms with Crippen molar-refractivity contribution in [2.75, 3.05) is 5.32 Å². The van der Waals surface area contributed by atoms with Crippen LogP contribution in [0.25, 0.3) is 0 Å². The predicted octanol–water partition coefficient (Wildman–Crippen LogP) is 2.75. The Morgan fingerprint density at radius 2 is 1.62 bits per heavy atom. The lowest BCUT2D eigenvalue weighted by molar-refractivity contribution is -0.129. The largest absolute Gasteiger partial charge is 0.324 e. The Kier molecular flexibility index (Phi) is 7.31. The fourth-order valence-electron chi connectivity index (χ4n) is 1.79. The van der Waals surface area contributed by atoms with Crippen molar-refractivity contribution in [2.45, 2.75) is 38.5 Å². The van der Waals surface area contributed by atoms with Gasteiger partial charge in [0, 0.05) is 12.8 Å². The molecule has 0 atom stereocenters. The van der Waals surface area contributed by atoms with Crippen molar-refractivity contribution in [1.29, 1.82) is 0 Å². The van der Waals surface area contributed by atoms with Gasteiger partial charge >= 0.3 is 0 Å². The number of hydrogen-bond donors (Lipinski definition) is 3. The second kappa shape index (κ2) is 9.02. The van der Waals surface area contributed by atoms with Crippen molar-refractivity contribution in [3.63, 3.8) is 0 Å². The molecule has 7 heteroatoms. The summed E-state index contributed by atoms with van der Waals surface area (Å²) in [5.74, 6) is -2.89. The summed E-state index contributed by atoms with van der Waals surface area (Å²) in [7, 11) is 0. The van der Waals surface area contributed by atoms with Gasteiger partial charge in [-0.3, -0.25) is 14.8 Å². The highest BCUT2D eigenvalue weighted by Crippen LogP contribution is 2.17. The number of halogens is 2. The number of rotatable bonds is 8. The van der Waals surface area contributed by atoms with Gasteiger partial charge < -0.3 is 5.32 Å². The Labute approximate surface area is 121 Å². The van der Waals surface area contributed by atoms with Gasteiger partial charge in [0.2, 0.25) is 11.8 Å². The number of amides is 2. The summed E-state index contributed by atoms with van der Waals surface area (Å²) >= 11 is 0. The van der Waals surface area contributed by atoms with Gasteiger partial charge in [-0.05, 0) is 25.0 Å². The quantitative estimate of drug-likeness (QED) is 0.392. The Hall–Kier alpha value is -2.02. The van der Waals surface area contributed by atoms with Crippen LogP contribution in [0.5, 0.6) is 0 Å². The van der Waals surface area contributed by atoms with Gasteiger partial charge in [0.15, 0.2) is 11.6 Å². The molecule has 0 heterocycles. The van der Waals surface area contributed by atoms with Gasteiger partial charge in [-0.1, -0.05) is 18.9 Å². The average Bonchev–Trinajstić information content (AvgIpc) is 2.47. The average molecular weight is 300 g/mol. The van der Waals surface area contributed by atoms with Crippen molar-refractivity contribution in [3.05, 3.63) is 29.8 Å². The Balaban J connectivity index is 2.20. The molecule has 0 saturated heterocycles. The lowest BCUT2D eigenvalue weighted by Crippen LogP contribution is -2.17. The molecule has 5 nitrogen and oxygen atoms in total. The molecule has 1 rings (SSSR count). The van der Waals surface area contributed by atoms with Gasteiger partial charge in [-0.25, -0.2) is 14.3 Å². The zero-order chi connectivity index (χ0) is 15.7. The van der Waals surface area contributed by atoms with Gasteiger partial charge in [-0.2, -0.15) is 0 Å². The monoisotopic (exact) mass is 300 g/mol. The second-order valence-corrected chi connectivity index (χ2v) is 4.60. The standard InChI is InChI=1S/C14H18F2N2O3/c15-10-6-5-7-11(14(10)16)17-12(19)8-3-1-2-4-9-13(20)18-21/h5-7,21H,1-4,8-9H2,(H,17,19)(H,18,20). The van der Waals surface area contributed by atoms with E-state index >= 15 is 0 Å². The maximum Gasteiger partial charge on any atom is 0.243 e. The van der Waals surface area contributed by atoms with Crippen LogP contribution in [0.3, 0.4) is 0 Å². The van der Waals surface area contributed by atoms with Gasteiger partial charge in [0.1, 0.15) is 0 Å². The van der Waals surface area contributed by atoms with Crippen molar-refractivity contribution >= 4 is 17.5 Å². The Morgan fingerprint density at radius 1 is 1.00 bits per heavy atom. The van der Waals surface area contributed by atoms with Gasteiger partial charge in [-0.15, -0.1) is 0 Å². The van der Waals surface area contributed by atoms with Crippen molar-refractivity contribution in [1.82, 2.24) is 5.48 Å². The highest BCUT2D eigenvalue weighted by Gasteiger charge is 2.10. The van der Waals surface area contributed by atoms with E-state index in [9.17, 15) is 18.4 Å². The molecule has 1 aromatic carbocycles. The molecule has 0 radical (unpaired) electrons. The van der Waals surface area contributed by atoms with E-state index in [0.717, 1.165) is 18.9 Å². The maximum atomic E-state index is 13.3. The fraction of sp³-hybridized carbons (Fsp3) is 0.429. The van der Waals surface area contributed by atoms with Crippen LogP contribution in [0, 0.1) is 11.6 Å². The molecule has 0 bridgehead atoms. The number of carbonyl (C=O) groups is 2. The number of unbranched alkanes of at least 4 members (excludes halogenated alkanes) is 3. The molecule has 0 aliphatic rings. The first-order chi connectivity index (χ1) is 10.0. The molecule has 116 valence electrons. The van der Waals surface area contributed by atoms with Crippen molar-refractivity contribution < 1.29 is 23.6 Å². The van der Waals surface area contributed by atoms with E-state index in [1.54, 1.807) is 5.48 Å². The van der Waals surface area contributed by atoms with Gasteiger partial charge in [0.25, 0.3) is 0 Å².